The quantitative estimate of drug-likeness (QED) is 0.539. The molecule has 28 heavy (non-hydrogen) atoms. The first-order valence-corrected chi connectivity index (χ1v) is 9.92. The van der Waals surface area contributed by atoms with Crippen molar-refractivity contribution in [2.75, 3.05) is 10.6 Å². The molecule has 0 fully saturated rings. The Labute approximate surface area is 168 Å². The largest absolute Gasteiger partial charge is 0.380 e. The van der Waals surface area contributed by atoms with Crippen LogP contribution in [-0.2, 0) is 0 Å². The van der Waals surface area contributed by atoms with Gasteiger partial charge in [-0.15, -0.1) is 0 Å². The lowest BCUT2D eigenvalue weighted by atomic mass is 9.82. The number of rotatable bonds is 8. The number of nitrogens with one attached hydrogen (secondary N) is 2. The van der Waals surface area contributed by atoms with Gasteiger partial charge in [0.25, 0.3) is 5.91 Å². The number of anilines is 2. The number of ketones is 1. The highest BCUT2D eigenvalue weighted by Crippen LogP contribution is 2.26. The van der Waals surface area contributed by atoms with Crippen LogP contribution >= 0.6 is 0 Å². The molecule has 2 aromatic rings. The van der Waals surface area contributed by atoms with Gasteiger partial charge in [0.15, 0.2) is 5.78 Å². The zero-order valence-corrected chi connectivity index (χ0v) is 17.8. The Balaban J connectivity index is 2.04. The summed E-state index contributed by atoms with van der Waals surface area (Å²) in [5, 5.41) is 6.37. The van der Waals surface area contributed by atoms with E-state index in [0.29, 0.717) is 11.1 Å². The van der Waals surface area contributed by atoms with Crippen LogP contribution in [0.25, 0.3) is 0 Å². The number of hydrogen-bond donors (Lipinski definition) is 2. The standard InChI is InChI=1S/C24H32N2O2/c1-7-23(3,4)21(27)17-9-11-18(12-10-17)22(28)25-19-13-15-20(16-14-19)26-24(5,6)8-2/h9-16,26H,7-8H2,1-6H3,(H,25,28). The summed E-state index contributed by atoms with van der Waals surface area (Å²) in [6, 6.07) is 14.6. The van der Waals surface area contributed by atoms with Gasteiger partial charge in [0.05, 0.1) is 0 Å². The molecule has 2 rings (SSSR count). The summed E-state index contributed by atoms with van der Waals surface area (Å²) in [4.78, 5) is 25.0. The smallest absolute Gasteiger partial charge is 0.255 e. The molecule has 2 N–H and O–H groups in total. The molecule has 0 atom stereocenters. The number of carbonyl (C=O) groups excluding carboxylic acids is 2. The molecule has 0 bridgehead atoms. The van der Waals surface area contributed by atoms with E-state index >= 15 is 0 Å². The van der Waals surface area contributed by atoms with Crippen LogP contribution in [0.15, 0.2) is 48.5 Å². The van der Waals surface area contributed by atoms with Crippen LogP contribution in [0.1, 0.15) is 75.1 Å². The predicted molar refractivity (Wildman–Crippen MR) is 117 cm³/mol. The number of benzene rings is 2. The van der Waals surface area contributed by atoms with Crippen molar-refractivity contribution in [1.29, 1.82) is 0 Å². The van der Waals surface area contributed by atoms with Crippen molar-refractivity contribution < 1.29 is 9.59 Å². The predicted octanol–water partition coefficient (Wildman–Crippen LogP) is 6.16. The maximum absolute atomic E-state index is 12.5. The minimum Gasteiger partial charge on any atom is -0.380 e. The van der Waals surface area contributed by atoms with Crippen LogP contribution < -0.4 is 10.6 Å². The second-order valence-electron chi connectivity index (χ2n) is 8.54. The van der Waals surface area contributed by atoms with Crippen LogP contribution in [0.5, 0.6) is 0 Å². The normalized spacial score (nSPS) is 11.8. The summed E-state index contributed by atoms with van der Waals surface area (Å²) in [6.07, 6.45) is 1.79. The Bertz CT molecular complexity index is 819. The van der Waals surface area contributed by atoms with E-state index in [1.54, 1.807) is 24.3 Å². The number of amides is 1. The molecule has 150 valence electrons. The van der Waals surface area contributed by atoms with Crippen molar-refractivity contribution in [1.82, 2.24) is 0 Å². The first kappa shape index (κ1) is 21.7. The second kappa shape index (κ2) is 8.59. The van der Waals surface area contributed by atoms with Crippen molar-refractivity contribution in [3.63, 3.8) is 0 Å². The second-order valence-corrected chi connectivity index (χ2v) is 8.54. The van der Waals surface area contributed by atoms with Gasteiger partial charge in [0.1, 0.15) is 0 Å². The van der Waals surface area contributed by atoms with Crippen molar-refractivity contribution in [3.05, 3.63) is 59.7 Å². The molecular weight excluding hydrogens is 348 g/mol. The highest BCUT2D eigenvalue weighted by atomic mass is 16.1. The van der Waals surface area contributed by atoms with Gasteiger partial charge in [-0.1, -0.05) is 39.8 Å². The van der Waals surface area contributed by atoms with Crippen molar-refractivity contribution in [2.45, 2.75) is 59.9 Å². The lowest BCUT2D eigenvalue weighted by molar-refractivity contribution is 0.0832. The van der Waals surface area contributed by atoms with Crippen LogP contribution in [-0.4, -0.2) is 17.2 Å². The Morgan fingerprint density at radius 1 is 0.750 bits per heavy atom. The van der Waals surface area contributed by atoms with Crippen LogP contribution in [0, 0.1) is 5.41 Å². The van der Waals surface area contributed by atoms with Crippen molar-refractivity contribution in [3.8, 4) is 0 Å². The topological polar surface area (TPSA) is 58.2 Å². The lowest BCUT2D eigenvalue weighted by Gasteiger charge is -2.26. The zero-order chi connectivity index (χ0) is 20.9. The molecule has 2 aromatic carbocycles. The van der Waals surface area contributed by atoms with Crippen molar-refractivity contribution in [2.24, 2.45) is 5.41 Å². The Morgan fingerprint density at radius 3 is 1.75 bits per heavy atom. The van der Waals surface area contributed by atoms with E-state index in [2.05, 4.69) is 31.4 Å². The van der Waals surface area contributed by atoms with Crippen LogP contribution in [0.2, 0.25) is 0 Å². The highest BCUT2D eigenvalue weighted by molar-refractivity contribution is 6.05. The van der Waals surface area contributed by atoms with Gasteiger partial charge >= 0.3 is 0 Å². The molecule has 4 nitrogen and oxygen atoms in total. The fourth-order valence-electron chi connectivity index (χ4n) is 2.64. The molecule has 0 saturated carbocycles. The molecule has 1 amide bonds. The Hall–Kier alpha value is -2.62. The summed E-state index contributed by atoms with van der Waals surface area (Å²) >= 11 is 0. The Kier molecular flexibility index (Phi) is 6.65. The summed E-state index contributed by atoms with van der Waals surface area (Å²) in [5.74, 6) is -0.0941. The SMILES string of the molecule is CCC(C)(C)Nc1ccc(NC(=O)c2ccc(C(=O)C(C)(C)CC)cc2)cc1. The van der Waals surface area contributed by atoms with Gasteiger partial charge in [-0.25, -0.2) is 0 Å². The summed E-state index contributed by atoms with van der Waals surface area (Å²) in [6.45, 7) is 12.3. The van der Waals surface area contributed by atoms with Crippen molar-refractivity contribution >= 4 is 23.1 Å². The fraction of sp³-hybridized carbons (Fsp3) is 0.417. The van der Waals surface area contributed by atoms with Gasteiger partial charge in [-0.05, 0) is 63.1 Å². The van der Waals surface area contributed by atoms with E-state index in [-0.39, 0.29) is 17.2 Å². The molecule has 0 aromatic heterocycles. The lowest BCUT2D eigenvalue weighted by Crippen LogP contribution is -2.29. The highest BCUT2D eigenvalue weighted by Gasteiger charge is 2.26. The fourth-order valence-corrected chi connectivity index (χ4v) is 2.64. The third kappa shape index (κ3) is 5.44. The molecule has 4 heteroatoms. The average molecular weight is 381 g/mol. The Morgan fingerprint density at radius 2 is 1.25 bits per heavy atom. The molecule has 0 saturated heterocycles. The monoisotopic (exact) mass is 380 g/mol. The molecular formula is C24H32N2O2. The number of carbonyl (C=O) groups is 2. The maximum atomic E-state index is 12.5. The van der Waals surface area contributed by atoms with Gasteiger partial charge in [-0.3, -0.25) is 9.59 Å². The molecule has 0 unspecified atom stereocenters. The maximum Gasteiger partial charge on any atom is 0.255 e. The third-order valence-corrected chi connectivity index (χ3v) is 5.42. The van der Waals surface area contributed by atoms with Gasteiger partial charge < -0.3 is 10.6 Å². The molecule has 0 aliphatic heterocycles. The summed E-state index contributed by atoms with van der Waals surface area (Å²) in [5.41, 5.74) is 2.54. The molecule has 0 radical (unpaired) electrons. The number of hydrogen-bond acceptors (Lipinski definition) is 3. The van der Waals surface area contributed by atoms with E-state index in [4.69, 9.17) is 0 Å². The van der Waals surface area contributed by atoms with Gasteiger partial charge in [-0.2, -0.15) is 0 Å². The van der Waals surface area contributed by atoms with Crippen LogP contribution in [0.4, 0.5) is 11.4 Å². The number of Topliss-reactive ketones (excluding diaryl/α,β-unsaturated/α-hetero) is 1. The third-order valence-electron chi connectivity index (χ3n) is 5.42. The summed E-state index contributed by atoms with van der Waals surface area (Å²) in [7, 11) is 0. The van der Waals surface area contributed by atoms with E-state index in [0.717, 1.165) is 24.2 Å². The minimum atomic E-state index is -0.397. The molecule has 0 heterocycles. The van der Waals surface area contributed by atoms with E-state index in [1.165, 1.54) is 0 Å². The van der Waals surface area contributed by atoms with Gasteiger partial charge in [0, 0.05) is 33.5 Å². The van der Waals surface area contributed by atoms with Gasteiger partial charge in [0.2, 0.25) is 0 Å². The first-order valence-electron chi connectivity index (χ1n) is 9.92. The first-order chi connectivity index (χ1) is 13.1. The molecule has 0 spiro atoms. The zero-order valence-electron chi connectivity index (χ0n) is 17.8. The van der Waals surface area contributed by atoms with E-state index in [9.17, 15) is 9.59 Å². The van der Waals surface area contributed by atoms with E-state index < -0.39 is 5.41 Å². The average Bonchev–Trinajstić information content (AvgIpc) is 2.68. The minimum absolute atomic E-state index is 0.0241. The molecule has 0 aliphatic carbocycles. The van der Waals surface area contributed by atoms with Crippen LogP contribution in [0.3, 0.4) is 0 Å². The molecule has 0 aliphatic rings. The summed E-state index contributed by atoms with van der Waals surface area (Å²) < 4.78 is 0. The van der Waals surface area contributed by atoms with E-state index in [1.807, 2.05) is 45.0 Å².